The molecule has 148 valence electrons. The highest BCUT2D eigenvalue weighted by molar-refractivity contribution is 5.95. The maximum absolute atomic E-state index is 13.8. The molecule has 0 saturated carbocycles. The van der Waals surface area contributed by atoms with E-state index in [4.69, 9.17) is 4.74 Å². The fraction of sp³-hybridized carbons (Fsp3) is 0.364. The number of ether oxygens (including phenoxy) is 1. The summed E-state index contributed by atoms with van der Waals surface area (Å²) in [6, 6.07) is 13.2. The molecule has 3 rings (SSSR count). The third-order valence-electron chi connectivity index (χ3n) is 4.97. The first-order chi connectivity index (χ1) is 13.4. The van der Waals surface area contributed by atoms with Crippen molar-refractivity contribution in [2.24, 2.45) is 5.92 Å². The standard InChI is InChI=1S/C22H25FN2O3/c1-14(2)24-21(26)20-13-25(12-19(20)15-6-4-8-17(23)10-15)22(27)16-7-5-9-18(11-16)28-3/h4-11,14,19-20H,12-13H2,1-3H3,(H,24,26)/t19-,20-/m1/s1. The largest absolute Gasteiger partial charge is 0.497 e. The number of halogens is 1. The fourth-order valence-corrected chi connectivity index (χ4v) is 3.64. The van der Waals surface area contributed by atoms with Crippen molar-refractivity contribution in [3.8, 4) is 5.75 Å². The summed E-state index contributed by atoms with van der Waals surface area (Å²) in [5, 5.41) is 2.93. The fourth-order valence-electron chi connectivity index (χ4n) is 3.64. The van der Waals surface area contributed by atoms with Crippen LogP contribution in [0.15, 0.2) is 48.5 Å². The van der Waals surface area contributed by atoms with Crippen molar-refractivity contribution in [3.05, 3.63) is 65.5 Å². The van der Waals surface area contributed by atoms with E-state index in [9.17, 15) is 14.0 Å². The van der Waals surface area contributed by atoms with Gasteiger partial charge in [0.1, 0.15) is 11.6 Å². The molecule has 0 aromatic heterocycles. The molecule has 0 unspecified atom stereocenters. The number of nitrogens with one attached hydrogen (secondary N) is 1. The Balaban J connectivity index is 1.88. The third kappa shape index (κ3) is 4.32. The van der Waals surface area contributed by atoms with Crippen molar-refractivity contribution < 1.29 is 18.7 Å². The minimum absolute atomic E-state index is 0.0104. The van der Waals surface area contributed by atoms with Crippen LogP contribution >= 0.6 is 0 Å². The Morgan fingerprint density at radius 3 is 2.57 bits per heavy atom. The molecule has 2 aromatic carbocycles. The topological polar surface area (TPSA) is 58.6 Å². The molecule has 28 heavy (non-hydrogen) atoms. The minimum atomic E-state index is -0.432. The number of carbonyl (C=O) groups is 2. The smallest absolute Gasteiger partial charge is 0.254 e. The predicted octanol–water partition coefficient (Wildman–Crippen LogP) is 3.21. The van der Waals surface area contributed by atoms with Crippen LogP contribution in [0.25, 0.3) is 0 Å². The summed E-state index contributed by atoms with van der Waals surface area (Å²) in [7, 11) is 1.55. The first-order valence-corrected chi connectivity index (χ1v) is 9.38. The summed E-state index contributed by atoms with van der Waals surface area (Å²) in [4.78, 5) is 27.4. The van der Waals surface area contributed by atoms with Gasteiger partial charge in [0.05, 0.1) is 13.0 Å². The molecule has 1 N–H and O–H groups in total. The van der Waals surface area contributed by atoms with Gasteiger partial charge < -0.3 is 15.0 Å². The number of likely N-dealkylation sites (tertiary alicyclic amines) is 1. The molecule has 1 aliphatic rings. The molecule has 1 aliphatic heterocycles. The van der Waals surface area contributed by atoms with E-state index in [1.54, 1.807) is 42.3 Å². The molecule has 6 heteroatoms. The van der Waals surface area contributed by atoms with Crippen molar-refractivity contribution in [1.29, 1.82) is 0 Å². The van der Waals surface area contributed by atoms with Crippen molar-refractivity contribution in [1.82, 2.24) is 10.2 Å². The summed E-state index contributed by atoms with van der Waals surface area (Å²) >= 11 is 0. The van der Waals surface area contributed by atoms with Crippen molar-refractivity contribution >= 4 is 11.8 Å². The van der Waals surface area contributed by atoms with Crippen molar-refractivity contribution in [3.63, 3.8) is 0 Å². The van der Waals surface area contributed by atoms with Gasteiger partial charge >= 0.3 is 0 Å². The van der Waals surface area contributed by atoms with Gasteiger partial charge in [-0.3, -0.25) is 9.59 Å². The number of methoxy groups -OCH3 is 1. The Labute approximate surface area is 164 Å². The van der Waals surface area contributed by atoms with Crippen LogP contribution in [0.3, 0.4) is 0 Å². The Kier molecular flexibility index (Phi) is 5.97. The minimum Gasteiger partial charge on any atom is -0.497 e. The number of hydrogen-bond donors (Lipinski definition) is 1. The average Bonchev–Trinajstić information content (AvgIpc) is 3.12. The first-order valence-electron chi connectivity index (χ1n) is 9.38. The third-order valence-corrected chi connectivity index (χ3v) is 4.97. The average molecular weight is 384 g/mol. The van der Waals surface area contributed by atoms with Crippen LogP contribution in [0.4, 0.5) is 4.39 Å². The molecule has 0 aliphatic carbocycles. The van der Waals surface area contributed by atoms with Gasteiger partial charge in [-0.25, -0.2) is 4.39 Å². The summed E-state index contributed by atoms with van der Waals surface area (Å²) in [5.41, 5.74) is 1.23. The van der Waals surface area contributed by atoms with Crippen LogP contribution < -0.4 is 10.1 Å². The van der Waals surface area contributed by atoms with Crippen LogP contribution in [0.5, 0.6) is 5.75 Å². The summed E-state index contributed by atoms with van der Waals surface area (Å²) in [5.74, 6) is -0.730. The zero-order valence-electron chi connectivity index (χ0n) is 16.3. The van der Waals surface area contributed by atoms with Gasteiger partial charge in [-0.05, 0) is 49.7 Å². The Morgan fingerprint density at radius 2 is 1.89 bits per heavy atom. The van der Waals surface area contributed by atoms with E-state index in [1.165, 1.54) is 12.1 Å². The van der Waals surface area contributed by atoms with E-state index < -0.39 is 5.92 Å². The highest BCUT2D eigenvalue weighted by atomic mass is 19.1. The van der Waals surface area contributed by atoms with Gasteiger partial charge in [0.2, 0.25) is 5.91 Å². The molecule has 0 radical (unpaired) electrons. The summed E-state index contributed by atoms with van der Waals surface area (Å²) < 4.78 is 19.0. The lowest BCUT2D eigenvalue weighted by Gasteiger charge is -2.19. The molecule has 0 bridgehead atoms. The normalized spacial score (nSPS) is 19.0. The van der Waals surface area contributed by atoms with Crippen LogP contribution in [-0.4, -0.2) is 43.0 Å². The molecule has 2 aromatic rings. The zero-order valence-corrected chi connectivity index (χ0v) is 16.3. The Morgan fingerprint density at radius 1 is 1.14 bits per heavy atom. The van der Waals surface area contributed by atoms with Crippen LogP contribution in [0, 0.1) is 11.7 Å². The molecule has 1 heterocycles. The maximum Gasteiger partial charge on any atom is 0.254 e. The second kappa shape index (κ2) is 8.42. The Hall–Kier alpha value is -2.89. The van der Waals surface area contributed by atoms with Gasteiger partial charge in [-0.2, -0.15) is 0 Å². The number of hydrogen-bond acceptors (Lipinski definition) is 3. The van der Waals surface area contributed by atoms with Crippen LogP contribution in [-0.2, 0) is 4.79 Å². The van der Waals surface area contributed by atoms with E-state index in [2.05, 4.69) is 5.32 Å². The predicted molar refractivity (Wildman–Crippen MR) is 105 cm³/mol. The lowest BCUT2D eigenvalue weighted by atomic mass is 9.88. The van der Waals surface area contributed by atoms with Crippen LogP contribution in [0.2, 0.25) is 0 Å². The molecular weight excluding hydrogens is 359 g/mol. The SMILES string of the molecule is COc1cccc(C(=O)N2C[C@H](c3cccc(F)c3)[C@H](C(=O)NC(C)C)C2)c1. The van der Waals surface area contributed by atoms with E-state index >= 15 is 0 Å². The highest BCUT2D eigenvalue weighted by Crippen LogP contribution is 2.34. The molecule has 0 spiro atoms. The van der Waals surface area contributed by atoms with E-state index in [0.717, 1.165) is 5.56 Å². The number of carbonyl (C=O) groups excluding carboxylic acids is 2. The lowest BCUT2D eigenvalue weighted by Crippen LogP contribution is -2.39. The van der Waals surface area contributed by atoms with Crippen molar-refractivity contribution in [2.45, 2.75) is 25.8 Å². The van der Waals surface area contributed by atoms with E-state index in [1.807, 2.05) is 19.9 Å². The summed E-state index contributed by atoms with van der Waals surface area (Å²) in [6.45, 7) is 4.43. The quantitative estimate of drug-likeness (QED) is 0.861. The molecule has 2 atom stereocenters. The maximum atomic E-state index is 13.8. The number of nitrogens with zero attached hydrogens (tertiary/aromatic N) is 1. The molecular formula is C22H25FN2O3. The number of amides is 2. The van der Waals surface area contributed by atoms with Gasteiger partial charge in [0, 0.05) is 30.6 Å². The lowest BCUT2D eigenvalue weighted by molar-refractivity contribution is -0.125. The molecule has 2 amide bonds. The van der Waals surface area contributed by atoms with Crippen molar-refractivity contribution in [2.75, 3.05) is 20.2 Å². The molecule has 1 saturated heterocycles. The monoisotopic (exact) mass is 384 g/mol. The zero-order chi connectivity index (χ0) is 20.3. The second-order valence-corrected chi connectivity index (χ2v) is 7.37. The number of benzene rings is 2. The van der Waals surface area contributed by atoms with Gasteiger partial charge in [-0.15, -0.1) is 0 Å². The molecule has 5 nitrogen and oxygen atoms in total. The van der Waals surface area contributed by atoms with Gasteiger partial charge in [0.25, 0.3) is 5.91 Å². The molecule has 1 fully saturated rings. The summed E-state index contributed by atoms with van der Waals surface area (Å²) in [6.07, 6.45) is 0. The van der Waals surface area contributed by atoms with Gasteiger partial charge in [0.15, 0.2) is 0 Å². The number of rotatable bonds is 5. The van der Waals surface area contributed by atoms with E-state index in [-0.39, 0.29) is 36.1 Å². The van der Waals surface area contributed by atoms with E-state index in [0.29, 0.717) is 17.9 Å². The van der Waals surface area contributed by atoms with Crippen LogP contribution in [0.1, 0.15) is 35.7 Å². The van der Waals surface area contributed by atoms with Gasteiger partial charge in [-0.1, -0.05) is 18.2 Å². The highest BCUT2D eigenvalue weighted by Gasteiger charge is 2.40. The second-order valence-electron chi connectivity index (χ2n) is 7.37. The first kappa shape index (κ1) is 19.9. The Bertz CT molecular complexity index is 868.